The van der Waals surface area contributed by atoms with E-state index in [1.165, 1.54) is 5.56 Å². The topological polar surface area (TPSA) is 3.24 Å². The molecule has 0 amide bonds. The summed E-state index contributed by atoms with van der Waals surface area (Å²) < 4.78 is 0. The van der Waals surface area contributed by atoms with Crippen LogP contribution >= 0.6 is 34.5 Å². The quantitative estimate of drug-likeness (QED) is 0.731. The van der Waals surface area contributed by atoms with Gasteiger partial charge >= 0.3 is 0 Å². The maximum Gasteiger partial charge on any atom is 0.0494 e. The molecule has 1 aromatic heterocycles. The molecule has 1 nitrogen and oxygen atoms in total. The van der Waals surface area contributed by atoms with Gasteiger partial charge < -0.3 is 4.90 Å². The molecule has 4 heteroatoms. The Morgan fingerprint density at radius 1 is 1.29 bits per heavy atom. The second kappa shape index (κ2) is 5.76. The number of nitrogens with zero attached hydrogens (tertiary/aromatic N) is 1. The Kier molecular flexibility index (Phi) is 4.32. The Morgan fingerprint density at radius 3 is 2.76 bits per heavy atom. The zero-order valence-corrected chi connectivity index (χ0v) is 11.8. The fourth-order valence-electron chi connectivity index (χ4n) is 1.75. The molecule has 17 heavy (non-hydrogen) atoms. The van der Waals surface area contributed by atoms with E-state index in [0.717, 1.165) is 22.8 Å². The van der Waals surface area contributed by atoms with Crippen LogP contribution in [0.4, 0.5) is 5.69 Å². The number of rotatable bonds is 4. The summed E-state index contributed by atoms with van der Waals surface area (Å²) in [5.41, 5.74) is 3.51. The van der Waals surface area contributed by atoms with Crippen molar-refractivity contribution in [2.75, 3.05) is 11.9 Å². The van der Waals surface area contributed by atoms with Crippen LogP contribution in [-0.2, 0) is 12.4 Å². The fraction of sp³-hybridized carbons (Fsp3) is 0.231. The molecule has 0 fully saturated rings. The summed E-state index contributed by atoms with van der Waals surface area (Å²) in [6, 6.07) is 7.95. The molecule has 0 atom stereocenters. The van der Waals surface area contributed by atoms with Crippen LogP contribution in [0.1, 0.15) is 11.1 Å². The van der Waals surface area contributed by atoms with Gasteiger partial charge in [0.2, 0.25) is 0 Å². The predicted molar refractivity (Wildman–Crippen MR) is 77.4 cm³/mol. The van der Waals surface area contributed by atoms with Crippen molar-refractivity contribution in [3.8, 4) is 0 Å². The van der Waals surface area contributed by atoms with Crippen molar-refractivity contribution < 1.29 is 0 Å². The van der Waals surface area contributed by atoms with Crippen LogP contribution < -0.4 is 4.90 Å². The standard InChI is InChI=1S/C13H13Cl2NS/c1-16(8-10-4-5-17-9-10)13-6-12(15)3-2-11(13)7-14/h2-6,9H,7-8H2,1H3. The molecule has 0 aliphatic carbocycles. The third kappa shape index (κ3) is 3.15. The molecule has 0 aliphatic rings. The summed E-state index contributed by atoms with van der Waals surface area (Å²) in [4.78, 5) is 2.17. The second-order valence-corrected chi connectivity index (χ2v) is 5.38. The molecular formula is C13H13Cl2NS. The summed E-state index contributed by atoms with van der Waals surface area (Å²) in [7, 11) is 2.05. The van der Waals surface area contributed by atoms with Gasteiger partial charge in [0.05, 0.1) is 0 Å². The van der Waals surface area contributed by atoms with E-state index >= 15 is 0 Å². The monoisotopic (exact) mass is 285 g/mol. The van der Waals surface area contributed by atoms with E-state index in [2.05, 4.69) is 28.8 Å². The van der Waals surface area contributed by atoms with E-state index in [1.54, 1.807) is 11.3 Å². The fourth-order valence-corrected chi connectivity index (χ4v) is 2.80. The Morgan fingerprint density at radius 2 is 2.12 bits per heavy atom. The summed E-state index contributed by atoms with van der Waals surface area (Å²) in [6.45, 7) is 0.869. The molecule has 0 bridgehead atoms. The molecule has 0 saturated heterocycles. The summed E-state index contributed by atoms with van der Waals surface area (Å²) in [5.74, 6) is 0.500. The van der Waals surface area contributed by atoms with Crippen LogP contribution in [0.25, 0.3) is 0 Å². The lowest BCUT2D eigenvalue weighted by Crippen LogP contribution is -2.17. The highest BCUT2D eigenvalue weighted by atomic mass is 35.5. The Balaban J connectivity index is 2.23. The van der Waals surface area contributed by atoms with E-state index < -0.39 is 0 Å². The van der Waals surface area contributed by atoms with E-state index in [0.29, 0.717) is 5.88 Å². The van der Waals surface area contributed by atoms with Gasteiger partial charge in [-0.3, -0.25) is 0 Å². The molecule has 0 unspecified atom stereocenters. The first kappa shape index (κ1) is 12.7. The van der Waals surface area contributed by atoms with Gasteiger partial charge in [-0.1, -0.05) is 17.7 Å². The minimum absolute atomic E-state index is 0.500. The molecule has 0 aliphatic heterocycles. The third-order valence-electron chi connectivity index (χ3n) is 2.60. The number of anilines is 1. The van der Waals surface area contributed by atoms with Crippen LogP contribution in [0.5, 0.6) is 0 Å². The van der Waals surface area contributed by atoms with E-state index in [4.69, 9.17) is 23.2 Å². The van der Waals surface area contributed by atoms with Crippen molar-refractivity contribution in [2.24, 2.45) is 0 Å². The number of hydrogen-bond donors (Lipinski definition) is 0. The van der Waals surface area contributed by atoms with Crippen molar-refractivity contribution in [1.82, 2.24) is 0 Å². The maximum atomic E-state index is 6.03. The lowest BCUT2D eigenvalue weighted by atomic mass is 10.1. The van der Waals surface area contributed by atoms with E-state index in [1.807, 2.05) is 18.2 Å². The molecule has 2 rings (SSSR count). The number of benzene rings is 1. The summed E-state index contributed by atoms with van der Waals surface area (Å²) in [5, 5.41) is 4.98. The van der Waals surface area contributed by atoms with Gasteiger partial charge in [-0.05, 0) is 40.1 Å². The zero-order valence-electron chi connectivity index (χ0n) is 9.49. The van der Waals surface area contributed by atoms with Crippen molar-refractivity contribution in [3.63, 3.8) is 0 Å². The molecule has 0 saturated carbocycles. The molecule has 2 aromatic rings. The van der Waals surface area contributed by atoms with Gasteiger partial charge in [0, 0.05) is 30.2 Å². The smallest absolute Gasteiger partial charge is 0.0494 e. The number of thiophene rings is 1. The molecule has 1 heterocycles. The number of alkyl halides is 1. The summed E-state index contributed by atoms with van der Waals surface area (Å²) in [6.07, 6.45) is 0. The highest BCUT2D eigenvalue weighted by Crippen LogP contribution is 2.26. The predicted octanol–water partition coefficient (Wildman–Crippen LogP) is 4.78. The highest BCUT2D eigenvalue weighted by molar-refractivity contribution is 7.07. The minimum Gasteiger partial charge on any atom is -0.370 e. The van der Waals surface area contributed by atoms with Crippen molar-refractivity contribution in [3.05, 3.63) is 51.2 Å². The van der Waals surface area contributed by atoms with E-state index in [9.17, 15) is 0 Å². The van der Waals surface area contributed by atoms with Gasteiger partial charge in [-0.15, -0.1) is 11.6 Å². The lowest BCUT2D eigenvalue weighted by Gasteiger charge is -2.21. The van der Waals surface area contributed by atoms with Crippen LogP contribution in [0.15, 0.2) is 35.0 Å². The number of halogens is 2. The highest BCUT2D eigenvalue weighted by Gasteiger charge is 2.08. The van der Waals surface area contributed by atoms with Crippen molar-refractivity contribution >= 4 is 40.2 Å². The maximum absolute atomic E-state index is 6.03. The molecule has 0 spiro atoms. The minimum atomic E-state index is 0.500. The van der Waals surface area contributed by atoms with Gasteiger partial charge in [-0.2, -0.15) is 11.3 Å². The Labute approximate surface area is 116 Å². The molecule has 1 aromatic carbocycles. The molecule has 0 radical (unpaired) electrons. The summed E-state index contributed by atoms with van der Waals surface area (Å²) >= 11 is 13.7. The van der Waals surface area contributed by atoms with Crippen LogP contribution in [0, 0.1) is 0 Å². The van der Waals surface area contributed by atoms with Gasteiger partial charge in [0.1, 0.15) is 0 Å². The van der Waals surface area contributed by atoms with Gasteiger partial charge in [-0.25, -0.2) is 0 Å². The number of hydrogen-bond acceptors (Lipinski definition) is 2. The first-order valence-electron chi connectivity index (χ1n) is 5.27. The third-order valence-corrected chi connectivity index (χ3v) is 3.86. The second-order valence-electron chi connectivity index (χ2n) is 3.89. The van der Waals surface area contributed by atoms with Crippen LogP contribution in [0.2, 0.25) is 5.02 Å². The van der Waals surface area contributed by atoms with Gasteiger partial charge in [0.25, 0.3) is 0 Å². The van der Waals surface area contributed by atoms with Gasteiger partial charge in [0.15, 0.2) is 0 Å². The van der Waals surface area contributed by atoms with E-state index in [-0.39, 0.29) is 0 Å². The SMILES string of the molecule is CN(Cc1ccsc1)c1cc(Cl)ccc1CCl. The van der Waals surface area contributed by atoms with Crippen molar-refractivity contribution in [1.29, 1.82) is 0 Å². The van der Waals surface area contributed by atoms with Crippen molar-refractivity contribution in [2.45, 2.75) is 12.4 Å². The zero-order chi connectivity index (χ0) is 12.3. The molecule has 90 valence electrons. The average Bonchev–Trinajstić information content (AvgIpc) is 2.81. The largest absolute Gasteiger partial charge is 0.370 e. The lowest BCUT2D eigenvalue weighted by molar-refractivity contribution is 0.920. The first-order chi connectivity index (χ1) is 8.20. The Hall–Kier alpha value is -0.700. The molecular weight excluding hydrogens is 273 g/mol. The Bertz CT molecular complexity index is 482. The normalized spacial score (nSPS) is 10.5. The van der Waals surface area contributed by atoms with Crippen LogP contribution in [0.3, 0.4) is 0 Å². The van der Waals surface area contributed by atoms with Crippen LogP contribution in [-0.4, -0.2) is 7.05 Å². The average molecular weight is 286 g/mol. The molecule has 0 N–H and O–H groups in total. The first-order valence-corrected chi connectivity index (χ1v) is 7.13.